The summed E-state index contributed by atoms with van der Waals surface area (Å²) in [7, 11) is 2.06. The second kappa shape index (κ2) is 6.26. The second-order valence-electron chi connectivity index (χ2n) is 4.85. The fraction of sp³-hybridized carbons (Fsp3) is 0.500. The van der Waals surface area contributed by atoms with Crippen LogP contribution in [0.15, 0.2) is 24.3 Å². The zero-order valence-electron chi connectivity index (χ0n) is 11.3. The van der Waals surface area contributed by atoms with Gasteiger partial charge in [0.25, 0.3) is 5.91 Å². The van der Waals surface area contributed by atoms with Crippen LogP contribution < -0.4 is 4.74 Å². The molecule has 0 bridgehead atoms. The predicted octanol–water partition coefficient (Wildman–Crippen LogP) is 1.88. The van der Waals surface area contributed by atoms with Crippen LogP contribution in [0, 0.1) is 0 Å². The van der Waals surface area contributed by atoms with Crippen LogP contribution in [-0.4, -0.2) is 55.0 Å². The highest BCUT2D eigenvalue weighted by molar-refractivity contribution is 6.30. The molecule has 1 aromatic carbocycles. The largest absolute Gasteiger partial charge is 0.481 e. The van der Waals surface area contributed by atoms with Gasteiger partial charge in [0.2, 0.25) is 0 Å². The van der Waals surface area contributed by atoms with E-state index in [2.05, 4.69) is 11.9 Å². The number of carbonyl (C=O) groups excluding carboxylic acids is 1. The summed E-state index contributed by atoms with van der Waals surface area (Å²) in [6.07, 6.45) is -0.484. The highest BCUT2D eigenvalue weighted by Crippen LogP contribution is 2.19. The molecule has 1 amide bonds. The van der Waals surface area contributed by atoms with Crippen molar-refractivity contribution in [2.75, 3.05) is 33.2 Å². The van der Waals surface area contributed by atoms with Gasteiger partial charge in [-0.1, -0.05) is 17.7 Å². The molecule has 0 spiro atoms. The minimum atomic E-state index is -0.484. The lowest BCUT2D eigenvalue weighted by Gasteiger charge is -2.33. The van der Waals surface area contributed by atoms with Gasteiger partial charge in [0.15, 0.2) is 6.10 Å². The number of piperazine rings is 1. The molecule has 4 nitrogen and oxygen atoms in total. The SMILES string of the molecule is C[C@@H](Oc1cccc(Cl)c1)C(=O)N1CCN(C)CC1. The lowest BCUT2D eigenvalue weighted by atomic mass is 10.2. The van der Waals surface area contributed by atoms with E-state index in [9.17, 15) is 4.79 Å². The van der Waals surface area contributed by atoms with Crippen LogP contribution in [0.2, 0.25) is 5.02 Å². The molecule has 0 aliphatic carbocycles. The topological polar surface area (TPSA) is 32.8 Å². The molecule has 1 aliphatic rings. The van der Waals surface area contributed by atoms with Crippen LogP contribution in [0.5, 0.6) is 5.75 Å². The van der Waals surface area contributed by atoms with Crippen molar-refractivity contribution >= 4 is 17.5 Å². The van der Waals surface area contributed by atoms with Gasteiger partial charge in [-0.15, -0.1) is 0 Å². The monoisotopic (exact) mass is 282 g/mol. The van der Waals surface area contributed by atoms with Crippen LogP contribution in [0.4, 0.5) is 0 Å². The molecule has 104 valence electrons. The maximum absolute atomic E-state index is 12.2. The minimum absolute atomic E-state index is 0.0353. The standard InChI is InChI=1S/C14H19ClN2O2/c1-11(19-13-5-3-4-12(15)10-13)14(18)17-8-6-16(2)7-9-17/h3-5,10-11H,6-9H2,1-2H3/t11-/m1/s1. The fourth-order valence-corrected chi connectivity index (χ4v) is 2.26. The summed E-state index contributed by atoms with van der Waals surface area (Å²) < 4.78 is 5.65. The van der Waals surface area contributed by atoms with E-state index in [0.29, 0.717) is 10.8 Å². The maximum atomic E-state index is 12.2. The van der Waals surface area contributed by atoms with Gasteiger partial charge in [-0.2, -0.15) is 0 Å². The summed E-state index contributed by atoms with van der Waals surface area (Å²) >= 11 is 5.89. The summed E-state index contributed by atoms with van der Waals surface area (Å²) in [4.78, 5) is 16.3. The average molecular weight is 283 g/mol. The van der Waals surface area contributed by atoms with E-state index in [4.69, 9.17) is 16.3 Å². The number of carbonyl (C=O) groups is 1. The van der Waals surface area contributed by atoms with E-state index in [-0.39, 0.29) is 5.91 Å². The van der Waals surface area contributed by atoms with E-state index in [1.807, 2.05) is 11.0 Å². The third-order valence-electron chi connectivity index (χ3n) is 3.27. The van der Waals surface area contributed by atoms with Crippen molar-refractivity contribution in [3.63, 3.8) is 0 Å². The quantitative estimate of drug-likeness (QED) is 0.849. The predicted molar refractivity (Wildman–Crippen MR) is 75.6 cm³/mol. The Bertz CT molecular complexity index is 445. The molecular formula is C14H19ClN2O2. The molecule has 1 atom stereocenters. The molecule has 0 unspecified atom stereocenters. The number of hydrogen-bond donors (Lipinski definition) is 0. The van der Waals surface area contributed by atoms with E-state index < -0.39 is 6.10 Å². The Balaban J connectivity index is 1.92. The van der Waals surface area contributed by atoms with Gasteiger partial charge in [0.05, 0.1) is 0 Å². The molecular weight excluding hydrogens is 264 g/mol. The van der Waals surface area contributed by atoms with Gasteiger partial charge in [-0.25, -0.2) is 0 Å². The average Bonchev–Trinajstić information content (AvgIpc) is 2.39. The van der Waals surface area contributed by atoms with Crippen LogP contribution in [0.1, 0.15) is 6.92 Å². The van der Waals surface area contributed by atoms with E-state index in [1.54, 1.807) is 25.1 Å². The molecule has 0 radical (unpaired) electrons. The number of nitrogens with zero attached hydrogens (tertiary/aromatic N) is 2. The third kappa shape index (κ3) is 3.85. The van der Waals surface area contributed by atoms with Crippen LogP contribution >= 0.6 is 11.6 Å². The van der Waals surface area contributed by atoms with Crippen molar-refractivity contribution in [2.45, 2.75) is 13.0 Å². The Hall–Kier alpha value is -1.26. The molecule has 1 heterocycles. The maximum Gasteiger partial charge on any atom is 0.263 e. The molecule has 0 saturated carbocycles. The normalized spacial score (nSPS) is 18.2. The third-order valence-corrected chi connectivity index (χ3v) is 3.51. The number of ether oxygens (including phenoxy) is 1. The van der Waals surface area contributed by atoms with Crippen molar-refractivity contribution < 1.29 is 9.53 Å². The number of rotatable bonds is 3. The first-order valence-electron chi connectivity index (χ1n) is 6.46. The van der Waals surface area contributed by atoms with Crippen molar-refractivity contribution in [3.05, 3.63) is 29.3 Å². The van der Waals surface area contributed by atoms with Crippen molar-refractivity contribution in [3.8, 4) is 5.75 Å². The summed E-state index contributed by atoms with van der Waals surface area (Å²) in [5.74, 6) is 0.663. The van der Waals surface area contributed by atoms with Crippen LogP contribution in [-0.2, 0) is 4.79 Å². The molecule has 1 aromatic rings. The highest BCUT2D eigenvalue weighted by atomic mass is 35.5. The van der Waals surface area contributed by atoms with Gasteiger partial charge in [-0.05, 0) is 32.2 Å². The Morgan fingerprint density at radius 2 is 2.00 bits per heavy atom. The smallest absolute Gasteiger partial charge is 0.263 e. The summed E-state index contributed by atoms with van der Waals surface area (Å²) in [6, 6.07) is 7.11. The summed E-state index contributed by atoms with van der Waals surface area (Å²) in [5.41, 5.74) is 0. The zero-order valence-corrected chi connectivity index (χ0v) is 12.1. The molecule has 2 rings (SSSR count). The second-order valence-corrected chi connectivity index (χ2v) is 5.28. The Kier molecular flexibility index (Phi) is 4.66. The van der Waals surface area contributed by atoms with Gasteiger partial charge < -0.3 is 14.5 Å². The number of halogens is 1. The minimum Gasteiger partial charge on any atom is -0.481 e. The van der Waals surface area contributed by atoms with E-state index in [1.165, 1.54) is 0 Å². The van der Waals surface area contributed by atoms with Gasteiger partial charge in [0.1, 0.15) is 5.75 Å². The number of amides is 1. The van der Waals surface area contributed by atoms with Gasteiger partial charge in [0, 0.05) is 31.2 Å². The fourth-order valence-electron chi connectivity index (χ4n) is 2.08. The first-order valence-corrected chi connectivity index (χ1v) is 6.83. The number of hydrogen-bond acceptors (Lipinski definition) is 3. The van der Waals surface area contributed by atoms with Crippen molar-refractivity contribution in [1.29, 1.82) is 0 Å². The molecule has 1 fully saturated rings. The lowest BCUT2D eigenvalue weighted by Crippen LogP contribution is -2.50. The Morgan fingerprint density at radius 1 is 1.32 bits per heavy atom. The van der Waals surface area contributed by atoms with Crippen LogP contribution in [0.25, 0.3) is 0 Å². The Morgan fingerprint density at radius 3 is 2.63 bits per heavy atom. The molecule has 1 aliphatic heterocycles. The highest BCUT2D eigenvalue weighted by Gasteiger charge is 2.24. The molecule has 0 aromatic heterocycles. The zero-order chi connectivity index (χ0) is 13.8. The van der Waals surface area contributed by atoms with E-state index in [0.717, 1.165) is 26.2 Å². The number of benzene rings is 1. The van der Waals surface area contributed by atoms with Crippen molar-refractivity contribution in [2.24, 2.45) is 0 Å². The van der Waals surface area contributed by atoms with Gasteiger partial charge in [-0.3, -0.25) is 4.79 Å². The molecule has 0 N–H and O–H groups in total. The number of likely N-dealkylation sites (N-methyl/N-ethyl adjacent to an activating group) is 1. The Labute approximate surface area is 118 Å². The molecule has 1 saturated heterocycles. The summed E-state index contributed by atoms with van der Waals surface area (Å²) in [6.45, 7) is 5.13. The first kappa shape index (κ1) is 14.2. The molecule has 19 heavy (non-hydrogen) atoms. The van der Waals surface area contributed by atoms with Gasteiger partial charge >= 0.3 is 0 Å². The van der Waals surface area contributed by atoms with Crippen molar-refractivity contribution in [1.82, 2.24) is 9.80 Å². The van der Waals surface area contributed by atoms with Crippen LogP contribution in [0.3, 0.4) is 0 Å². The first-order chi connectivity index (χ1) is 9.06. The summed E-state index contributed by atoms with van der Waals surface area (Å²) in [5, 5.41) is 0.608. The molecule has 5 heteroatoms. The lowest BCUT2D eigenvalue weighted by molar-refractivity contribution is -0.139. The van der Waals surface area contributed by atoms with E-state index >= 15 is 0 Å².